The molecule has 0 radical (unpaired) electrons. The maximum absolute atomic E-state index is 12.4. The molecule has 2 aromatic carbocycles. The fourth-order valence-electron chi connectivity index (χ4n) is 2.76. The largest absolute Gasteiger partial charge is 0.478 e. The van der Waals surface area contributed by atoms with Crippen molar-refractivity contribution in [1.82, 2.24) is 15.2 Å². The summed E-state index contributed by atoms with van der Waals surface area (Å²) in [5, 5.41) is 15.7. The van der Waals surface area contributed by atoms with Gasteiger partial charge >= 0.3 is 5.97 Å². The number of carboxylic acid groups (broad SMARTS) is 1. The fraction of sp³-hybridized carbons (Fsp3) is 0.182. The Kier molecular flexibility index (Phi) is 9.04. The highest BCUT2D eigenvalue weighted by Crippen LogP contribution is 2.20. The smallest absolute Gasteiger partial charge is 0.335 e. The van der Waals surface area contributed by atoms with Crippen LogP contribution in [0.5, 0.6) is 0 Å². The first kappa shape index (κ1) is 26.4. The number of carboxylic acids is 1. The van der Waals surface area contributed by atoms with Crippen LogP contribution in [0.25, 0.3) is 0 Å². The zero-order valence-electron chi connectivity index (χ0n) is 18.1. The number of rotatable bonds is 12. The number of carbonyl (C=O) groups is 3. The van der Waals surface area contributed by atoms with E-state index in [-0.39, 0.29) is 46.5 Å². The number of carbonyl (C=O) groups excluding carboxylic acids is 2. The molecule has 0 aliphatic heterocycles. The molecule has 0 unspecified atom stereocenters. The van der Waals surface area contributed by atoms with Crippen molar-refractivity contribution in [1.29, 1.82) is 0 Å². The molecular weight excluding hydrogens is 518 g/mol. The summed E-state index contributed by atoms with van der Waals surface area (Å²) in [5.41, 5.74) is 0.614. The maximum Gasteiger partial charge on any atom is 0.335 e. The number of aromatic carboxylic acids is 1. The summed E-state index contributed by atoms with van der Waals surface area (Å²) in [7, 11) is -4.04. The molecule has 184 valence electrons. The summed E-state index contributed by atoms with van der Waals surface area (Å²) in [6.45, 7) is -0.527. The van der Waals surface area contributed by atoms with Gasteiger partial charge in [-0.25, -0.2) is 17.9 Å². The van der Waals surface area contributed by atoms with Crippen LogP contribution in [0.2, 0.25) is 5.02 Å². The Labute approximate surface area is 210 Å². The second-order valence-electron chi connectivity index (χ2n) is 7.14. The van der Waals surface area contributed by atoms with Gasteiger partial charge < -0.3 is 14.9 Å². The van der Waals surface area contributed by atoms with Crippen molar-refractivity contribution in [3.63, 3.8) is 0 Å². The first-order chi connectivity index (χ1) is 16.7. The molecule has 0 spiro atoms. The number of aromatic nitrogens is 1. The van der Waals surface area contributed by atoms with E-state index in [1.807, 2.05) is 18.2 Å². The van der Waals surface area contributed by atoms with Gasteiger partial charge in [0, 0.05) is 16.8 Å². The van der Waals surface area contributed by atoms with E-state index in [1.54, 1.807) is 6.07 Å². The van der Waals surface area contributed by atoms with Gasteiger partial charge in [-0.2, -0.15) is 0 Å². The Hall–Kier alpha value is -3.19. The van der Waals surface area contributed by atoms with Crippen molar-refractivity contribution >= 4 is 51.0 Å². The molecule has 3 N–H and O–H groups in total. The second kappa shape index (κ2) is 12.0. The number of sulfonamides is 1. The molecule has 3 aromatic rings. The third kappa shape index (κ3) is 7.65. The summed E-state index contributed by atoms with van der Waals surface area (Å²) in [4.78, 5) is 35.1. The maximum atomic E-state index is 12.4. The standard InChI is InChI=1S/C22H20ClN3O7S2/c23-19-7-2-1-4-15(19)12-34-13-16(27)10-24-21(28)20-9-17(33-26-20)11-25-35(31,32)18-6-3-5-14(8-18)22(29)30/h1-9,25H,10-13H2,(H,24,28)(H,29,30). The van der Waals surface area contributed by atoms with Gasteiger partial charge in [0.05, 0.1) is 29.3 Å². The van der Waals surface area contributed by atoms with Crippen molar-refractivity contribution in [2.24, 2.45) is 0 Å². The number of amides is 1. The normalized spacial score (nSPS) is 11.2. The summed E-state index contributed by atoms with van der Waals surface area (Å²) >= 11 is 7.45. The van der Waals surface area contributed by atoms with E-state index in [0.717, 1.165) is 11.6 Å². The van der Waals surface area contributed by atoms with Crippen LogP contribution in [0.15, 0.2) is 64.0 Å². The zero-order valence-corrected chi connectivity index (χ0v) is 20.5. The Bertz CT molecular complexity index is 1340. The molecule has 3 rings (SSSR count). The number of Topliss-reactive ketones (excluding diaryl/α,β-unsaturated/α-hetero) is 1. The van der Waals surface area contributed by atoms with Gasteiger partial charge in [0.25, 0.3) is 5.91 Å². The summed E-state index contributed by atoms with van der Waals surface area (Å²) in [6.07, 6.45) is 0. The van der Waals surface area contributed by atoms with E-state index in [2.05, 4.69) is 15.2 Å². The molecule has 0 atom stereocenters. The number of halogens is 1. The van der Waals surface area contributed by atoms with Gasteiger partial charge in [-0.05, 0) is 29.8 Å². The highest BCUT2D eigenvalue weighted by atomic mass is 35.5. The third-order valence-electron chi connectivity index (χ3n) is 4.54. The van der Waals surface area contributed by atoms with Gasteiger partial charge in [-0.15, -0.1) is 11.8 Å². The van der Waals surface area contributed by atoms with Gasteiger partial charge in [0.2, 0.25) is 10.0 Å². The first-order valence-electron chi connectivity index (χ1n) is 10.1. The van der Waals surface area contributed by atoms with E-state index in [9.17, 15) is 22.8 Å². The van der Waals surface area contributed by atoms with Crippen LogP contribution >= 0.6 is 23.4 Å². The van der Waals surface area contributed by atoms with Crippen LogP contribution in [0.1, 0.15) is 32.2 Å². The average molecular weight is 538 g/mol. The lowest BCUT2D eigenvalue weighted by Gasteiger charge is -2.05. The van der Waals surface area contributed by atoms with E-state index < -0.39 is 21.9 Å². The molecule has 0 bridgehead atoms. The molecule has 1 aromatic heterocycles. The molecule has 0 aliphatic carbocycles. The van der Waals surface area contributed by atoms with E-state index in [1.165, 1.54) is 36.0 Å². The molecule has 10 nitrogen and oxygen atoms in total. The highest BCUT2D eigenvalue weighted by molar-refractivity contribution is 7.99. The lowest BCUT2D eigenvalue weighted by Crippen LogP contribution is -2.30. The van der Waals surface area contributed by atoms with Crippen LogP contribution in [-0.4, -0.2) is 48.6 Å². The molecule has 35 heavy (non-hydrogen) atoms. The van der Waals surface area contributed by atoms with Crippen LogP contribution in [0, 0.1) is 0 Å². The average Bonchev–Trinajstić information content (AvgIpc) is 3.32. The minimum Gasteiger partial charge on any atom is -0.478 e. The SMILES string of the molecule is O=C(CNC(=O)c1cc(CNS(=O)(=O)c2cccc(C(=O)O)c2)on1)CSCc1ccccc1Cl. The number of hydrogen-bond acceptors (Lipinski definition) is 8. The van der Waals surface area contributed by atoms with Crippen molar-refractivity contribution in [2.45, 2.75) is 17.2 Å². The van der Waals surface area contributed by atoms with Crippen LogP contribution < -0.4 is 10.0 Å². The monoisotopic (exact) mass is 537 g/mol. The third-order valence-corrected chi connectivity index (χ3v) is 7.35. The van der Waals surface area contributed by atoms with Crippen molar-refractivity contribution in [3.8, 4) is 0 Å². The van der Waals surface area contributed by atoms with E-state index in [4.69, 9.17) is 21.2 Å². The molecule has 0 saturated carbocycles. The molecule has 13 heteroatoms. The Morgan fingerprint density at radius 3 is 2.60 bits per heavy atom. The zero-order chi connectivity index (χ0) is 25.4. The minimum atomic E-state index is -4.04. The van der Waals surface area contributed by atoms with Crippen molar-refractivity contribution < 1.29 is 32.4 Å². The number of ketones is 1. The Balaban J connectivity index is 1.46. The molecule has 1 heterocycles. The quantitative estimate of drug-likeness (QED) is 0.316. The highest BCUT2D eigenvalue weighted by Gasteiger charge is 2.19. The summed E-state index contributed by atoms with van der Waals surface area (Å²) < 4.78 is 32.0. The number of nitrogens with zero attached hydrogens (tertiary/aromatic N) is 1. The van der Waals surface area contributed by atoms with Crippen molar-refractivity contribution in [3.05, 3.63) is 82.2 Å². The van der Waals surface area contributed by atoms with Crippen LogP contribution in [0.3, 0.4) is 0 Å². The number of hydrogen-bond donors (Lipinski definition) is 3. The number of benzene rings is 2. The molecule has 0 fully saturated rings. The predicted molar refractivity (Wildman–Crippen MR) is 129 cm³/mol. The number of nitrogens with one attached hydrogen (secondary N) is 2. The van der Waals surface area contributed by atoms with Gasteiger partial charge in [0.1, 0.15) is 0 Å². The molecular formula is C22H20ClN3O7S2. The topological polar surface area (TPSA) is 156 Å². The van der Waals surface area contributed by atoms with Gasteiger partial charge in [-0.3, -0.25) is 9.59 Å². The molecule has 0 saturated heterocycles. The van der Waals surface area contributed by atoms with E-state index in [0.29, 0.717) is 10.8 Å². The number of thioether (sulfide) groups is 1. The van der Waals surface area contributed by atoms with Gasteiger partial charge in [-0.1, -0.05) is 41.0 Å². The lowest BCUT2D eigenvalue weighted by molar-refractivity contribution is -0.115. The first-order valence-corrected chi connectivity index (χ1v) is 13.1. The minimum absolute atomic E-state index is 0.0507. The lowest BCUT2D eigenvalue weighted by atomic mass is 10.2. The molecule has 1 amide bonds. The van der Waals surface area contributed by atoms with E-state index >= 15 is 0 Å². The summed E-state index contributed by atoms with van der Waals surface area (Å²) in [5.74, 6) is -1.32. The van der Waals surface area contributed by atoms with Crippen LogP contribution in [0.4, 0.5) is 0 Å². The predicted octanol–water partition coefficient (Wildman–Crippen LogP) is 2.74. The van der Waals surface area contributed by atoms with Gasteiger partial charge in [0.15, 0.2) is 17.2 Å². The summed E-state index contributed by atoms with van der Waals surface area (Å²) in [6, 6.07) is 13.4. The Morgan fingerprint density at radius 2 is 1.86 bits per heavy atom. The van der Waals surface area contributed by atoms with Crippen LogP contribution in [-0.2, 0) is 27.1 Å². The second-order valence-corrected chi connectivity index (χ2v) is 10.3. The molecule has 0 aliphatic rings. The Morgan fingerprint density at radius 1 is 1.09 bits per heavy atom. The van der Waals surface area contributed by atoms with Crippen molar-refractivity contribution in [2.75, 3.05) is 12.3 Å². The fourth-order valence-corrected chi connectivity index (χ4v) is 4.98.